The van der Waals surface area contributed by atoms with E-state index >= 15 is 0 Å². The first-order valence-corrected chi connectivity index (χ1v) is 6.67. The van der Waals surface area contributed by atoms with Gasteiger partial charge >= 0.3 is 0 Å². The molecule has 0 bridgehead atoms. The summed E-state index contributed by atoms with van der Waals surface area (Å²) in [4.78, 5) is 10.3. The lowest BCUT2D eigenvalue weighted by Gasteiger charge is -2.14. The van der Waals surface area contributed by atoms with Crippen LogP contribution in [0.4, 0.5) is 17.1 Å². The standard InChI is InChI=1S/C12H16N4O3S/c13-10-4-3-8(6-11(10)16(17)18)15-12(20)14-7-9-2-1-5-19-9/h3-4,6,9H,1-2,5,7,13H2,(H2,14,15,20). The Morgan fingerprint density at radius 1 is 1.60 bits per heavy atom. The number of nitrogens with one attached hydrogen (secondary N) is 2. The van der Waals surface area contributed by atoms with Crippen LogP contribution in [0.2, 0.25) is 0 Å². The highest BCUT2D eigenvalue weighted by molar-refractivity contribution is 7.80. The third-order valence-electron chi connectivity index (χ3n) is 3.00. The van der Waals surface area contributed by atoms with Crippen LogP contribution >= 0.6 is 12.2 Å². The van der Waals surface area contributed by atoms with Gasteiger partial charge in [0, 0.05) is 24.9 Å². The summed E-state index contributed by atoms with van der Waals surface area (Å²) in [6, 6.07) is 4.47. The molecule has 1 aliphatic heterocycles. The summed E-state index contributed by atoms with van der Waals surface area (Å²) < 4.78 is 5.46. The van der Waals surface area contributed by atoms with Crippen molar-refractivity contribution in [1.29, 1.82) is 0 Å². The minimum Gasteiger partial charge on any atom is -0.393 e. The summed E-state index contributed by atoms with van der Waals surface area (Å²) in [6.45, 7) is 1.42. The molecule has 7 nitrogen and oxygen atoms in total. The van der Waals surface area contributed by atoms with Crippen LogP contribution in [0.1, 0.15) is 12.8 Å². The van der Waals surface area contributed by atoms with E-state index in [0.29, 0.717) is 17.3 Å². The Balaban J connectivity index is 1.90. The average Bonchev–Trinajstić information content (AvgIpc) is 2.91. The molecule has 0 saturated carbocycles. The molecule has 4 N–H and O–H groups in total. The Kier molecular flexibility index (Phi) is 4.70. The van der Waals surface area contributed by atoms with Crippen LogP contribution in [0.5, 0.6) is 0 Å². The molecule has 1 aromatic carbocycles. The monoisotopic (exact) mass is 296 g/mol. The highest BCUT2D eigenvalue weighted by Crippen LogP contribution is 2.24. The van der Waals surface area contributed by atoms with Gasteiger partial charge in [-0.15, -0.1) is 0 Å². The summed E-state index contributed by atoms with van der Waals surface area (Å²) in [5.74, 6) is 0. The van der Waals surface area contributed by atoms with Crippen molar-refractivity contribution in [2.45, 2.75) is 18.9 Å². The summed E-state index contributed by atoms with van der Waals surface area (Å²) in [7, 11) is 0. The van der Waals surface area contributed by atoms with Crippen LogP contribution in [-0.4, -0.2) is 29.3 Å². The SMILES string of the molecule is Nc1ccc(NC(=S)NCC2CCCO2)cc1[N+](=O)[O-]. The van der Waals surface area contributed by atoms with Crippen molar-refractivity contribution in [3.8, 4) is 0 Å². The number of ether oxygens (including phenoxy) is 1. The van der Waals surface area contributed by atoms with Crippen LogP contribution in [0.15, 0.2) is 18.2 Å². The quantitative estimate of drug-likeness (QED) is 0.336. The summed E-state index contributed by atoms with van der Waals surface area (Å²) in [6.07, 6.45) is 2.26. The van der Waals surface area contributed by atoms with Crippen molar-refractivity contribution in [3.05, 3.63) is 28.3 Å². The summed E-state index contributed by atoms with van der Waals surface area (Å²) in [5.41, 5.74) is 6.03. The molecule has 0 aliphatic carbocycles. The number of thiocarbonyl (C=S) groups is 1. The van der Waals surface area contributed by atoms with Gasteiger partial charge in [-0.3, -0.25) is 10.1 Å². The van der Waals surface area contributed by atoms with Gasteiger partial charge in [-0.25, -0.2) is 0 Å². The number of hydrogen-bond acceptors (Lipinski definition) is 5. The lowest BCUT2D eigenvalue weighted by atomic mass is 10.2. The molecule has 1 fully saturated rings. The molecule has 1 aromatic rings. The molecule has 0 radical (unpaired) electrons. The van der Waals surface area contributed by atoms with Crippen molar-refractivity contribution >= 4 is 34.4 Å². The van der Waals surface area contributed by atoms with Gasteiger partial charge in [0.1, 0.15) is 5.69 Å². The molecule has 1 aliphatic rings. The number of nitrogens with zero attached hydrogens (tertiary/aromatic N) is 1. The maximum absolute atomic E-state index is 10.8. The van der Waals surface area contributed by atoms with E-state index < -0.39 is 4.92 Å². The zero-order valence-corrected chi connectivity index (χ0v) is 11.6. The van der Waals surface area contributed by atoms with E-state index in [0.717, 1.165) is 19.4 Å². The van der Waals surface area contributed by atoms with E-state index in [4.69, 9.17) is 22.7 Å². The van der Waals surface area contributed by atoms with Crippen LogP contribution < -0.4 is 16.4 Å². The van der Waals surface area contributed by atoms with E-state index in [1.165, 1.54) is 12.1 Å². The van der Waals surface area contributed by atoms with Gasteiger partial charge < -0.3 is 21.1 Å². The van der Waals surface area contributed by atoms with Gasteiger partial charge in [0.2, 0.25) is 0 Å². The number of hydrogen-bond donors (Lipinski definition) is 3. The van der Waals surface area contributed by atoms with Gasteiger partial charge in [0.25, 0.3) is 5.69 Å². The molecule has 108 valence electrons. The fourth-order valence-corrected chi connectivity index (χ4v) is 2.17. The molecule has 8 heteroatoms. The first kappa shape index (κ1) is 14.5. The van der Waals surface area contributed by atoms with Crippen molar-refractivity contribution in [3.63, 3.8) is 0 Å². The average molecular weight is 296 g/mol. The van der Waals surface area contributed by atoms with E-state index in [-0.39, 0.29) is 17.5 Å². The molecule has 2 rings (SSSR count). The van der Waals surface area contributed by atoms with Crippen molar-refractivity contribution < 1.29 is 9.66 Å². The predicted molar refractivity (Wildman–Crippen MR) is 80.7 cm³/mol. The Morgan fingerprint density at radius 3 is 3.05 bits per heavy atom. The zero-order chi connectivity index (χ0) is 14.5. The maximum atomic E-state index is 10.8. The second-order valence-corrected chi connectivity index (χ2v) is 4.91. The van der Waals surface area contributed by atoms with Crippen LogP contribution in [0, 0.1) is 10.1 Å². The largest absolute Gasteiger partial charge is 0.393 e. The highest BCUT2D eigenvalue weighted by atomic mass is 32.1. The van der Waals surface area contributed by atoms with E-state index in [1.807, 2.05) is 0 Å². The van der Waals surface area contributed by atoms with Crippen LogP contribution in [-0.2, 0) is 4.74 Å². The number of benzene rings is 1. The van der Waals surface area contributed by atoms with E-state index in [1.54, 1.807) is 6.07 Å². The number of nitro benzene ring substituents is 1. The number of anilines is 2. The van der Waals surface area contributed by atoms with Gasteiger partial charge in [-0.1, -0.05) is 0 Å². The van der Waals surface area contributed by atoms with Crippen molar-refractivity contribution in [1.82, 2.24) is 5.32 Å². The normalized spacial score (nSPS) is 17.7. The Bertz CT molecular complexity index is 517. The molecular weight excluding hydrogens is 280 g/mol. The maximum Gasteiger partial charge on any atom is 0.294 e. The first-order valence-electron chi connectivity index (χ1n) is 6.26. The molecule has 1 saturated heterocycles. The van der Waals surface area contributed by atoms with Gasteiger partial charge in [-0.05, 0) is 37.2 Å². The Morgan fingerprint density at radius 2 is 2.40 bits per heavy atom. The van der Waals surface area contributed by atoms with Gasteiger partial charge in [0.15, 0.2) is 5.11 Å². The fraction of sp³-hybridized carbons (Fsp3) is 0.417. The number of rotatable bonds is 4. The highest BCUT2D eigenvalue weighted by Gasteiger charge is 2.16. The van der Waals surface area contributed by atoms with E-state index in [2.05, 4.69) is 10.6 Å². The predicted octanol–water partition coefficient (Wildman–Crippen LogP) is 1.64. The first-order chi connectivity index (χ1) is 9.56. The lowest BCUT2D eigenvalue weighted by molar-refractivity contribution is -0.383. The Hall–Kier alpha value is -1.93. The number of nitrogen functional groups attached to an aromatic ring is 1. The molecule has 0 amide bonds. The summed E-state index contributed by atoms with van der Waals surface area (Å²) >= 11 is 5.13. The number of nitro groups is 1. The van der Waals surface area contributed by atoms with Gasteiger partial charge in [-0.2, -0.15) is 0 Å². The molecule has 20 heavy (non-hydrogen) atoms. The minimum absolute atomic E-state index is 0.124. The van der Waals surface area contributed by atoms with Crippen LogP contribution in [0.3, 0.4) is 0 Å². The molecule has 1 unspecified atom stereocenters. The summed E-state index contributed by atoms with van der Waals surface area (Å²) in [5, 5.41) is 17.1. The smallest absolute Gasteiger partial charge is 0.294 e. The lowest BCUT2D eigenvalue weighted by Crippen LogP contribution is -2.34. The molecule has 0 spiro atoms. The third kappa shape index (κ3) is 3.78. The van der Waals surface area contributed by atoms with Crippen LogP contribution in [0.25, 0.3) is 0 Å². The van der Waals surface area contributed by atoms with Crippen molar-refractivity contribution in [2.75, 3.05) is 24.2 Å². The zero-order valence-electron chi connectivity index (χ0n) is 10.8. The molecule has 1 atom stereocenters. The Labute approximate surface area is 121 Å². The molecule has 0 aromatic heterocycles. The fourth-order valence-electron chi connectivity index (χ4n) is 1.97. The molecular formula is C12H16N4O3S. The topological polar surface area (TPSA) is 102 Å². The molecule has 1 heterocycles. The van der Waals surface area contributed by atoms with Crippen molar-refractivity contribution in [2.24, 2.45) is 0 Å². The minimum atomic E-state index is -0.524. The second kappa shape index (κ2) is 6.49. The third-order valence-corrected chi connectivity index (χ3v) is 3.25. The van der Waals surface area contributed by atoms with E-state index in [9.17, 15) is 10.1 Å². The second-order valence-electron chi connectivity index (χ2n) is 4.50. The number of nitrogens with two attached hydrogens (primary N) is 1. The van der Waals surface area contributed by atoms with Gasteiger partial charge in [0.05, 0.1) is 11.0 Å².